The first-order valence-electron chi connectivity index (χ1n) is 5.55. The highest BCUT2D eigenvalue weighted by Gasteiger charge is 2.09. The number of rotatable bonds is 7. The molecule has 0 unspecified atom stereocenters. The van der Waals surface area contributed by atoms with Crippen LogP contribution in [-0.4, -0.2) is 26.5 Å². The van der Waals surface area contributed by atoms with Crippen LogP contribution in [0, 0.1) is 0 Å². The summed E-state index contributed by atoms with van der Waals surface area (Å²) in [5.41, 5.74) is 1.11. The number of alkyl halides is 1. The standard InChI is InChI=1S/C12H17BrO3S/c1-2-7-17(14,15)8-6-16-12-5-3-4-11(9-12)10-13/h3-5,9H,2,6-8,10H2,1H3. The monoisotopic (exact) mass is 320 g/mol. The Bertz CT molecular complexity index is 443. The summed E-state index contributed by atoms with van der Waals surface area (Å²) in [4.78, 5) is 0. The normalized spacial score (nSPS) is 11.4. The third-order valence-corrected chi connectivity index (χ3v) is 4.70. The van der Waals surface area contributed by atoms with Gasteiger partial charge < -0.3 is 4.74 Å². The van der Waals surface area contributed by atoms with Crippen molar-refractivity contribution in [3.63, 3.8) is 0 Å². The predicted molar refractivity (Wildman–Crippen MR) is 73.5 cm³/mol. The molecule has 0 N–H and O–H groups in total. The lowest BCUT2D eigenvalue weighted by atomic mass is 10.2. The fraction of sp³-hybridized carbons (Fsp3) is 0.500. The highest BCUT2D eigenvalue weighted by atomic mass is 79.9. The van der Waals surface area contributed by atoms with Crippen LogP contribution in [0.4, 0.5) is 0 Å². The summed E-state index contributed by atoms with van der Waals surface area (Å²) in [7, 11) is -2.95. The maximum absolute atomic E-state index is 11.5. The topological polar surface area (TPSA) is 43.4 Å². The average molecular weight is 321 g/mol. The summed E-state index contributed by atoms with van der Waals surface area (Å²) in [6, 6.07) is 7.61. The Labute approximate surface area is 111 Å². The molecule has 0 radical (unpaired) electrons. The number of benzene rings is 1. The maximum atomic E-state index is 11.5. The van der Waals surface area contributed by atoms with Crippen LogP contribution in [0.1, 0.15) is 18.9 Å². The van der Waals surface area contributed by atoms with Crippen molar-refractivity contribution in [2.24, 2.45) is 0 Å². The van der Waals surface area contributed by atoms with E-state index >= 15 is 0 Å². The van der Waals surface area contributed by atoms with Gasteiger partial charge in [-0.1, -0.05) is 35.0 Å². The maximum Gasteiger partial charge on any atom is 0.153 e. The lowest BCUT2D eigenvalue weighted by Crippen LogP contribution is -2.16. The van der Waals surface area contributed by atoms with Gasteiger partial charge in [0.2, 0.25) is 0 Å². The molecule has 0 aliphatic rings. The Morgan fingerprint density at radius 1 is 1.29 bits per heavy atom. The second-order valence-corrected chi connectivity index (χ2v) is 6.65. The van der Waals surface area contributed by atoms with Crippen molar-refractivity contribution in [3.05, 3.63) is 29.8 Å². The molecule has 5 heteroatoms. The molecule has 0 amide bonds. The molecule has 3 nitrogen and oxygen atoms in total. The van der Waals surface area contributed by atoms with Gasteiger partial charge in [0.15, 0.2) is 9.84 Å². The third-order valence-electron chi connectivity index (χ3n) is 2.23. The van der Waals surface area contributed by atoms with Crippen LogP contribution < -0.4 is 4.74 Å². The van der Waals surface area contributed by atoms with Gasteiger partial charge in [-0.25, -0.2) is 8.42 Å². The molecular weight excluding hydrogens is 304 g/mol. The highest BCUT2D eigenvalue weighted by Crippen LogP contribution is 2.15. The van der Waals surface area contributed by atoms with Crippen LogP contribution in [0.3, 0.4) is 0 Å². The van der Waals surface area contributed by atoms with Crippen LogP contribution >= 0.6 is 15.9 Å². The second-order valence-electron chi connectivity index (χ2n) is 3.78. The molecule has 0 fully saturated rings. The summed E-state index contributed by atoms with van der Waals surface area (Å²) >= 11 is 3.36. The predicted octanol–water partition coefficient (Wildman–Crippen LogP) is 2.79. The van der Waals surface area contributed by atoms with Gasteiger partial charge in [0, 0.05) is 5.33 Å². The van der Waals surface area contributed by atoms with Gasteiger partial charge in [-0.3, -0.25) is 0 Å². The van der Waals surface area contributed by atoms with E-state index in [1.165, 1.54) is 0 Å². The van der Waals surface area contributed by atoms with E-state index in [0.29, 0.717) is 12.2 Å². The molecule has 1 rings (SSSR count). The molecule has 17 heavy (non-hydrogen) atoms. The summed E-state index contributed by atoms with van der Waals surface area (Å²) in [6.07, 6.45) is 0.654. The zero-order valence-corrected chi connectivity index (χ0v) is 12.3. The minimum Gasteiger partial charge on any atom is -0.493 e. The molecular formula is C12H17BrO3S. The van der Waals surface area contributed by atoms with E-state index in [9.17, 15) is 8.42 Å². The van der Waals surface area contributed by atoms with Crippen molar-refractivity contribution in [2.75, 3.05) is 18.1 Å². The van der Waals surface area contributed by atoms with Gasteiger partial charge in [-0.05, 0) is 24.1 Å². The molecule has 0 atom stereocenters. The van der Waals surface area contributed by atoms with Crippen LogP contribution in [-0.2, 0) is 15.2 Å². The number of halogens is 1. The smallest absolute Gasteiger partial charge is 0.153 e. The summed E-state index contributed by atoms with van der Waals surface area (Å²) in [5.74, 6) is 1.03. The minimum atomic E-state index is -2.95. The Hall–Kier alpha value is -0.550. The third kappa shape index (κ3) is 5.55. The molecule has 0 spiro atoms. The minimum absolute atomic E-state index is 0.0827. The molecule has 0 aliphatic carbocycles. The summed E-state index contributed by atoms with van der Waals surface area (Å²) < 4.78 is 28.3. The average Bonchev–Trinajstić information content (AvgIpc) is 2.29. The fourth-order valence-corrected chi connectivity index (χ4v) is 2.93. The largest absolute Gasteiger partial charge is 0.493 e. The molecule has 1 aromatic carbocycles. The molecule has 0 saturated heterocycles. The number of sulfone groups is 1. The van der Waals surface area contributed by atoms with E-state index in [1.54, 1.807) is 0 Å². The molecule has 0 saturated carbocycles. The highest BCUT2D eigenvalue weighted by molar-refractivity contribution is 9.08. The lowest BCUT2D eigenvalue weighted by molar-refractivity contribution is 0.340. The summed E-state index contributed by atoms with van der Waals surface area (Å²) in [6.45, 7) is 2.08. The van der Waals surface area contributed by atoms with E-state index in [1.807, 2.05) is 31.2 Å². The number of ether oxygens (including phenoxy) is 1. The second kappa shape index (κ2) is 7.01. The van der Waals surface area contributed by atoms with Crippen molar-refractivity contribution >= 4 is 25.8 Å². The number of hydrogen-bond acceptors (Lipinski definition) is 3. The van der Waals surface area contributed by atoms with Crippen molar-refractivity contribution in [2.45, 2.75) is 18.7 Å². The quantitative estimate of drug-likeness (QED) is 0.725. The van der Waals surface area contributed by atoms with Crippen molar-refractivity contribution in [3.8, 4) is 5.75 Å². The van der Waals surface area contributed by atoms with Crippen LogP contribution in [0.25, 0.3) is 0 Å². The van der Waals surface area contributed by atoms with Gasteiger partial charge in [-0.2, -0.15) is 0 Å². The van der Waals surface area contributed by atoms with E-state index in [0.717, 1.165) is 10.9 Å². The van der Waals surface area contributed by atoms with Crippen molar-refractivity contribution in [1.82, 2.24) is 0 Å². The van der Waals surface area contributed by atoms with Crippen molar-refractivity contribution in [1.29, 1.82) is 0 Å². The Morgan fingerprint density at radius 3 is 2.71 bits per heavy atom. The molecule has 0 heterocycles. The Kier molecular flexibility index (Phi) is 5.98. The van der Waals surface area contributed by atoms with Gasteiger partial charge in [0.1, 0.15) is 12.4 Å². The first-order valence-corrected chi connectivity index (χ1v) is 8.50. The van der Waals surface area contributed by atoms with Gasteiger partial charge in [0.25, 0.3) is 0 Å². The number of hydrogen-bond donors (Lipinski definition) is 0. The Morgan fingerprint density at radius 2 is 2.06 bits per heavy atom. The zero-order valence-electron chi connectivity index (χ0n) is 9.86. The molecule has 1 aromatic rings. The lowest BCUT2D eigenvalue weighted by Gasteiger charge is -2.07. The fourth-order valence-electron chi connectivity index (χ4n) is 1.42. The van der Waals surface area contributed by atoms with Gasteiger partial charge in [-0.15, -0.1) is 0 Å². The molecule has 96 valence electrons. The zero-order chi connectivity index (χ0) is 12.7. The first-order chi connectivity index (χ1) is 8.07. The van der Waals surface area contributed by atoms with Gasteiger partial charge in [0.05, 0.1) is 11.5 Å². The molecule has 0 aromatic heterocycles. The van der Waals surface area contributed by atoms with E-state index < -0.39 is 9.84 Å². The SMILES string of the molecule is CCCS(=O)(=O)CCOc1cccc(CBr)c1. The Balaban J connectivity index is 2.45. The first kappa shape index (κ1) is 14.5. The van der Waals surface area contributed by atoms with E-state index in [-0.39, 0.29) is 18.1 Å². The molecule has 0 aliphatic heterocycles. The summed E-state index contributed by atoms with van der Waals surface area (Å²) in [5, 5.41) is 0.762. The van der Waals surface area contributed by atoms with Crippen molar-refractivity contribution < 1.29 is 13.2 Å². The van der Waals surface area contributed by atoms with Gasteiger partial charge >= 0.3 is 0 Å². The van der Waals surface area contributed by atoms with Crippen LogP contribution in [0.2, 0.25) is 0 Å². The van der Waals surface area contributed by atoms with Crippen LogP contribution in [0.5, 0.6) is 5.75 Å². The van der Waals surface area contributed by atoms with E-state index in [4.69, 9.17) is 4.74 Å². The van der Waals surface area contributed by atoms with E-state index in [2.05, 4.69) is 15.9 Å². The van der Waals surface area contributed by atoms with Crippen LogP contribution in [0.15, 0.2) is 24.3 Å². The molecule has 0 bridgehead atoms.